The molecule has 27 heavy (non-hydrogen) atoms. The van der Waals surface area contributed by atoms with Gasteiger partial charge in [0.2, 0.25) is 0 Å². The van der Waals surface area contributed by atoms with Crippen LogP contribution in [-0.2, 0) is 6.42 Å². The van der Waals surface area contributed by atoms with Crippen molar-refractivity contribution < 1.29 is 4.39 Å². The lowest BCUT2D eigenvalue weighted by Gasteiger charge is -2.23. The summed E-state index contributed by atoms with van der Waals surface area (Å²) in [4.78, 5) is 9.87. The molecule has 0 spiro atoms. The lowest BCUT2D eigenvalue weighted by molar-refractivity contribution is 0.281. The molecule has 0 bridgehead atoms. The third-order valence-corrected chi connectivity index (χ3v) is 5.41. The van der Waals surface area contributed by atoms with E-state index in [1.807, 2.05) is 6.07 Å². The van der Waals surface area contributed by atoms with Gasteiger partial charge in [-0.25, -0.2) is 4.39 Å². The minimum Gasteiger partial charge on any atom is -0.357 e. The Kier molecular flexibility index (Phi) is 9.82. The summed E-state index contributed by atoms with van der Waals surface area (Å²) >= 11 is 0. The largest absolute Gasteiger partial charge is 0.357 e. The smallest absolute Gasteiger partial charge is 0.193 e. The van der Waals surface area contributed by atoms with E-state index < -0.39 is 0 Å². The molecular formula is C21H34FIN4. The highest BCUT2D eigenvalue weighted by atomic mass is 127. The van der Waals surface area contributed by atoms with Crippen LogP contribution >= 0.6 is 24.0 Å². The van der Waals surface area contributed by atoms with Crippen LogP contribution in [0.5, 0.6) is 0 Å². The maximum absolute atomic E-state index is 13.2. The van der Waals surface area contributed by atoms with Gasteiger partial charge in [-0.15, -0.1) is 24.0 Å². The van der Waals surface area contributed by atoms with Crippen LogP contribution in [0.25, 0.3) is 0 Å². The second kappa shape index (κ2) is 11.8. The van der Waals surface area contributed by atoms with Crippen LogP contribution < -0.4 is 5.32 Å². The van der Waals surface area contributed by atoms with Crippen LogP contribution in [0.4, 0.5) is 4.39 Å². The van der Waals surface area contributed by atoms with Gasteiger partial charge >= 0.3 is 0 Å². The molecule has 1 aromatic carbocycles. The summed E-state index contributed by atoms with van der Waals surface area (Å²) in [6, 6.07) is 6.89. The number of rotatable bonds is 7. The fourth-order valence-corrected chi connectivity index (χ4v) is 4.09. The van der Waals surface area contributed by atoms with Crippen molar-refractivity contribution in [3.8, 4) is 0 Å². The number of likely N-dealkylation sites (tertiary alicyclic amines) is 2. The van der Waals surface area contributed by atoms with E-state index in [2.05, 4.69) is 22.0 Å². The molecule has 2 aliphatic heterocycles. The normalized spacial score (nSPS) is 20.7. The standard InChI is InChI=1S/C21H33FN4.HI/c1-2-23-21(24-11-6-8-18-7-5-9-20(22)15-18)26-14-10-19(17-26)16-25-12-3-4-13-25;/h5,7,9,15,19H,2-4,6,8,10-14,16-17H2,1H3,(H,23,24);1H. The molecule has 6 heteroatoms. The van der Waals surface area contributed by atoms with Crippen LogP contribution in [0.15, 0.2) is 29.3 Å². The summed E-state index contributed by atoms with van der Waals surface area (Å²) in [6.45, 7) is 9.84. The van der Waals surface area contributed by atoms with Crippen LogP contribution in [-0.4, -0.2) is 61.6 Å². The molecule has 2 saturated heterocycles. The molecule has 0 amide bonds. The highest BCUT2D eigenvalue weighted by Crippen LogP contribution is 2.20. The van der Waals surface area contributed by atoms with E-state index in [1.165, 1.54) is 45.0 Å². The number of halogens is 2. The predicted molar refractivity (Wildman–Crippen MR) is 121 cm³/mol. The summed E-state index contributed by atoms with van der Waals surface area (Å²) in [5, 5.41) is 3.45. The first-order chi connectivity index (χ1) is 12.7. The van der Waals surface area contributed by atoms with E-state index >= 15 is 0 Å². The Hall–Kier alpha value is -0.890. The Morgan fingerprint density at radius 1 is 1.26 bits per heavy atom. The van der Waals surface area contributed by atoms with Gasteiger partial charge in [0, 0.05) is 32.7 Å². The number of aliphatic imine (C=N–C) groups is 1. The molecule has 4 nitrogen and oxygen atoms in total. The van der Waals surface area contributed by atoms with Crippen LogP contribution in [0.3, 0.4) is 0 Å². The van der Waals surface area contributed by atoms with E-state index in [1.54, 1.807) is 12.1 Å². The average Bonchev–Trinajstić information content (AvgIpc) is 3.30. The van der Waals surface area contributed by atoms with Gasteiger partial charge in [0.05, 0.1) is 0 Å². The maximum atomic E-state index is 13.2. The molecule has 1 N–H and O–H groups in total. The number of aryl methyl sites for hydroxylation is 1. The zero-order valence-corrected chi connectivity index (χ0v) is 18.8. The first kappa shape index (κ1) is 22.4. The van der Waals surface area contributed by atoms with Crippen molar-refractivity contribution >= 4 is 29.9 Å². The second-order valence-corrected chi connectivity index (χ2v) is 7.58. The van der Waals surface area contributed by atoms with Gasteiger partial charge in [-0.1, -0.05) is 12.1 Å². The van der Waals surface area contributed by atoms with Gasteiger partial charge in [0.15, 0.2) is 5.96 Å². The molecule has 1 atom stereocenters. The predicted octanol–water partition coefficient (Wildman–Crippen LogP) is 3.76. The molecule has 152 valence electrons. The van der Waals surface area contributed by atoms with Crippen molar-refractivity contribution in [2.75, 3.05) is 45.8 Å². The van der Waals surface area contributed by atoms with Crippen LogP contribution in [0, 0.1) is 11.7 Å². The Labute approximate surface area is 180 Å². The highest BCUT2D eigenvalue weighted by molar-refractivity contribution is 14.0. The van der Waals surface area contributed by atoms with Gasteiger partial charge in [0.1, 0.15) is 5.82 Å². The minimum absolute atomic E-state index is 0. The fourth-order valence-electron chi connectivity index (χ4n) is 4.09. The fraction of sp³-hybridized carbons (Fsp3) is 0.667. The molecule has 0 aromatic heterocycles. The monoisotopic (exact) mass is 488 g/mol. The second-order valence-electron chi connectivity index (χ2n) is 7.58. The van der Waals surface area contributed by atoms with Crippen molar-refractivity contribution in [1.82, 2.24) is 15.1 Å². The van der Waals surface area contributed by atoms with Crippen molar-refractivity contribution in [3.05, 3.63) is 35.6 Å². The Morgan fingerprint density at radius 2 is 2.07 bits per heavy atom. The van der Waals surface area contributed by atoms with Gasteiger partial charge in [0.25, 0.3) is 0 Å². The first-order valence-electron chi connectivity index (χ1n) is 10.2. The van der Waals surface area contributed by atoms with Crippen LogP contribution in [0.1, 0.15) is 38.2 Å². The summed E-state index contributed by atoms with van der Waals surface area (Å²) in [5.74, 6) is 1.67. The first-order valence-corrected chi connectivity index (χ1v) is 10.2. The number of guanidine groups is 1. The molecule has 0 saturated carbocycles. The van der Waals surface area contributed by atoms with E-state index in [-0.39, 0.29) is 29.8 Å². The highest BCUT2D eigenvalue weighted by Gasteiger charge is 2.27. The molecule has 2 fully saturated rings. The molecular weight excluding hydrogens is 454 g/mol. The molecule has 0 radical (unpaired) electrons. The van der Waals surface area contributed by atoms with E-state index in [0.29, 0.717) is 0 Å². The van der Waals surface area contributed by atoms with Gasteiger partial charge < -0.3 is 15.1 Å². The number of hydrogen-bond acceptors (Lipinski definition) is 2. The molecule has 1 unspecified atom stereocenters. The average molecular weight is 488 g/mol. The summed E-state index contributed by atoms with van der Waals surface area (Å²) in [7, 11) is 0. The van der Waals surface area contributed by atoms with E-state index in [0.717, 1.165) is 56.5 Å². The van der Waals surface area contributed by atoms with Crippen LogP contribution in [0.2, 0.25) is 0 Å². The van der Waals surface area contributed by atoms with Gasteiger partial charge in [-0.2, -0.15) is 0 Å². The van der Waals surface area contributed by atoms with Gasteiger partial charge in [-0.3, -0.25) is 4.99 Å². The lowest BCUT2D eigenvalue weighted by atomic mass is 10.1. The Morgan fingerprint density at radius 3 is 2.81 bits per heavy atom. The lowest BCUT2D eigenvalue weighted by Crippen LogP contribution is -2.40. The number of nitrogens with zero attached hydrogens (tertiary/aromatic N) is 3. The topological polar surface area (TPSA) is 30.9 Å². The third kappa shape index (κ3) is 7.22. The Bertz CT molecular complexity index is 589. The zero-order valence-electron chi connectivity index (χ0n) is 16.5. The van der Waals surface area contributed by atoms with Crippen molar-refractivity contribution in [2.45, 2.75) is 39.0 Å². The van der Waals surface area contributed by atoms with Gasteiger partial charge in [-0.05, 0) is 75.7 Å². The Balaban J connectivity index is 0.00000261. The summed E-state index contributed by atoms with van der Waals surface area (Å²) < 4.78 is 13.2. The van der Waals surface area contributed by atoms with Crippen molar-refractivity contribution in [2.24, 2.45) is 10.9 Å². The molecule has 3 rings (SSSR count). The molecule has 1 aromatic rings. The number of nitrogens with one attached hydrogen (secondary N) is 1. The summed E-state index contributed by atoms with van der Waals surface area (Å²) in [6.07, 6.45) is 5.82. The maximum Gasteiger partial charge on any atom is 0.193 e. The summed E-state index contributed by atoms with van der Waals surface area (Å²) in [5.41, 5.74) is 1.05. The SMILES string of the molecule is CCNC(=NCCCc1cccc(F)c1)N1CCC(CN2CCCC2)C1.I. The third-order valence-electron chi connectivity index (χ3n) is 5.41. The van der Waals surface area contributed by atoms with E-state index in [4.69, 9.17) is 4.99 Å². The quantitative estimate of drug-likeness (QED) is 0.275. The zero-order chi connectivity index (χ0) is 18.2. The molecule has 2 heterocycles. The van der Waals surface area contributed by atoms with Crippen molar-refractivity contribution in [1.29, 1.82) is 0 Å². The molecule has 0 aliphatic carbocycles. The number of hydrogen-bond donors (Lipinski definition) is 1. The van der Waals surface area contributed by atoms with Crippen molar-refractivity contribution in [3.63, 3.8) is 0 Å². The van der Waals surface area contributed by atoms with E-state index in [9.17, 15) is 4.39 Å². The number of benzene rings is 1. The molecule has 2 aliphatic rings. The minimum atomic E-state index is -0.152.